The monoisotopic (exact) mass is 669 g/mol. The second-order valence-corrected chi connectivity index (χ2v) is 11.2. The third-order valence-electron chi connectivity index (χ3n) is 8.08. The first-order chi connectivity index (χ1) is 25.1. The minimum Gasteiger partial charge on any atom is -0.497 e. The van der Waals surface area contributed by atoms with Crippen LogP contribution >= 0.6 is 0 Å². The van der Waals surface area contributed by atoms with Gasteiger partial charge in [-0.3, -0.25) is 0 Å². The summed E-state index contributed by atoms with van der Waals surface area (Å²) in [7, 11) is 3.31. The molecule has 5 rings (SSSR count). The molecule has 5 aromatic carbocycles. The van der Waals surface area contributed by atoms with E-state index in [1.165, 1.54) is 0 Å². The van der Waals surface area contributed by atoms with Crippen LogP contribution < -0.4 is 14.2 Å². The van der Waals surface area contributed by atoms with Gasteiger partial charge in [0.15, 0.2) is 0 Å². The van der Waals surface area contributed by atoms with E-state index in [4.69, 9.17) is 26.3 Å². The first-order valence-corrected chi connectivity index (χ1v) is 16.2. The maximum absolute atomic E-state index is 9.90. The minimum absolute atomic E-state index is 0.00467. The molecular weight excluding hydrogens is 635 g/mol. The molecule has 8 heteroatoms. The van der Waals surface area contributed by atoms with Crippen LogP contribution in [0.4, 0.5) is 0 Å². The normalized spacial score (nSPS) is 11.0. The van der Waals surface area contributed by atoms with Crippen LogP contribution in [0.1, 0.15) is 39.8 Å². The summed E-state index contributed by atoms with van der Waals surface area (Å²) in [6.45, 7) is 8.55. The number of allylic oxidation sites excluding steroid dienone is 3. The standard InChI is InChI=1S/C43H35N5O3/c1-46-41(30-44)40(27-12-31-10-21-39(22-11-31)51-29-7-28-47-48-45)32-13-15-34(16-14-32)42(33-8-5-4-6-9-33)43(35-17-23-37(49-2)24-18-35)36-19-25-38(50-3)26-20-36/h4-6,8-27H,7,28-29H2,2-3H3/b27-12+,41-40-. The predicted octanol–water partition coefficient (Wildman–Crippen LogP) is 10.7. The molecular formula is C43H35N5O3. The molecule has 0 atom stereocenters. The van der Waals surface area contributed by atoms with E-state index in [2.05, 4.69) is 57.3 Å². The van der Waals surface area contributed by atoms with Gasteiger partial charge in [-0.15, -0.1) is 0 Å². The Morgan fingerprint density at radius 1 is 0.706 bits per heavy atom. The minimum atomic E-state index is -0.00467. The van der Waals surface area contributed by atoms with Gasteiger partial charge in [0.05, 0.1) is 33.5 Å². The van der Waals surface area contributed by atoms with Crippen molar-refractivity contribution in [2.75, 3.05) is 27.4 Å². The van der Waals surface area contributed by atoms with Crippen LogP contribution in [0, 0.1) is 17.9 Å². The smallest absolute Gasteiger partial charge is 0.269 e. The highest BCUT2D eigenvalue weighted by atomic mass is 16.5. The van der Waals surface area contributed by atoms with Crippen LogP contribution in [0.3, 0.4) is 0 Å². The first-order valence-electron chi connectivity index (χ1n) is 16.2. The highest BCUT2D eigenvalue weighted by Gasteiger charge is 2.17. The van der Waals surface area contributed by atoms with Crippen molar-refractivity contribution in [2.24, 2.45) is 5.11 Å². The lowest BCUT2D eigenvalue weighted by Gasteiger charge is -2.19. The summed E-state index contributed by atoms with van der Waals surface area (Å²) in [4.78, 5) is 6.29. The Bertz CT molecular complexity index is 2080. The van der Waals surface area contributed by atoms with Crippen molar-refractivity contribution < 1.29 is 14.2 Å². The van der Waals surface area contributed by atoms with Crippen LogP contribution in [-0.4, -0.2) is 27.4 Å². The molecule has 0 saturated carbocycles. The van der Waals surface area contributed by atoms with Gasteiger partial charge in [0.2, 0.25) is 0 Å². The number of methoxy groups -OCH3 is 2. The Kier molecular flexibility index (Phi) is 12.4. The molecule has 0 unspecified atom stereocenters. The third kappa shape index (κ3) is 9.13. The van der Waals surface area contributed by atoms with Gasteiger partial charge in [-0.2, -0.15) is 0 Å². The molecule has 0 heterocycles. The highest BCUT2D eigenvalue weighted by Crippen LogP contribution is 2.38. The SMILES string of the molecule is [C-]#[N+]/C(C#N)=C(/C=C/c1ccc(OCCCN=[N+]=[N-])cc1)c1ccc(C(=C(c2ccc(OC)cc2)c2ccc(OC)cc2)c2ccccc2)cc1. The Hall–Kier alpha value is -6.99. The second-order valence-electron chi connectivity index (χ2n) is 11.2. The van der Waals surface area contributed by atoms with Crippen molar-refractivity contribution in [3.8, 4) is 23.3 Å². The van der Waals surface area contributed by atoms with Crippen molar-refractivity contribution >= 4 is 22.8 Å². The molecule has 0 aromatic heterocycles. The number of benzene rings is 5. The van der Waals surface area contributed by atoms with Crippen LogP contribution in [0.2, 0.25) is 0 Å². The molecule has 5 aromatic rings. The van der Waals surface area contributed by atoms with Gasteiger partial charge in [-0.05, 0) is 98.5 Å². The molecule has 0 saturated heterocycles. The lowest BCUT2D eigenvalue weighted by Crippen LogP contribution is -1.98. The summed E-state index contributed by atoms with van der Waals surface area (Å²) < 4.78 is 16.6. The van der Waals surface area contributed by atoms with Crippen LogP contribution in [0.15, 0.2) is 144 Å². The number of rotatable bonds is 14. The number of hydrogen-bond donors (Lipinski definition) is 0. The molecule has 0 bridgehead atoms. The predicted molar refractivity (Wildman–Crippen MR) is 203 cm³/mol. The van der Waals surface area contributed by atoms with E-state index < -0.39 is 0 Å². The maximum Gasteiger partial charge on any atom is 0.269 e. The van der Waals surface area contributed by atoms with Crippen LogP contribution in [0.25, 0.3) is 38.1 Å². The Morgan fingerprint density at radius 2 is 1.20 bits per heavy atom. The summed E-state index contributed by atoms with van der Waals surface area (Å²) in [5.74, 6) is 2.23. The third-order valence-corrected chi connectivity index (χ3v) is 8.08. The first kappa shape index (κ1) is 35.3. The fraction of sp³-hybridized carbons (Fsp3) is 0.116. The second kappa shape index (κ2) is 18.0. The quantitative estimate of drug-likeness (QED) is 0.0171. The maximum atomic E-state index is 9.90. The molecule has 0 aliphatic rings. The molecule has 8 nitrogen and oxygen atoms in total. The topological polar surface area (TPSA) is 105 Å². The van der Waals surface area contributed by atoms with E-state index in [0.717, 1.165) is 56.0 Å². The van der Waals surface area contributed by atoms with Crippen LogP contribution in [-0.2, 0) is 0 Å². The fourth-order valence-corrected chi connectivity index (χ4v) is 5.53. The van der Waals surface area contributed by atoms with Crippen molar-refractivity contribution in [3.05, 3.63) is 194 Å². The zero-order valence-corrected chi connectivity index (χ0v) is 28.4. The molecule has 51 heavy (non-hydrogen) atoms. The molecule has 0 spiro atoms. The summed E-state index contributed by atoms with van der Waals surface area (Å²) >= 11 is 0. The van der Waals surface area contributed by atoms with E-state index in [9.17, 15) is 5.26 Å². The molecule has 0 fully saturated rings. The summed E-state index contributed by atoms with van der Waals surface area (Å²) in [5.41, 5.74) is 16.6. The number of azide groups is 1. The highest BCUT2D eigenvalue weighted by molar-refractivity contribution is 6.04. The average Bonchev–Trinajstić information content (AvgIpc) is 3.19. The lowest BCUT2D eigenvalue weighted by atomic mass is 9.85. The van der Waals surface area contributed by atoms with Gasteiger partial charge in [-0.1, -0.05) is 108 Å². The van der Waals surface area contributed by atoms with Gasteiger partial charge >= 0.3 is 0 Å². The molecule has 0 aliphatic heterocycles. The zero-order chi connectivity index (χ0) is 35.8. The van der Waals surface area contributed by atoms with Crippen molar-refractivity contribution in [1.82, 2.24) is 0 Å². The average molecular weight is 670 g/mol. The fourth-order valence-electron chi connectivity index (χ4n) is 5.53. The number of hydrogen-bond acceptors (Lipinski definition) is 5. The molecule has 0 amide bonds. The Labute approximate surface area is 298 Å². The number of ether oxygens (including phenoxy) is 3. The summed E-state index contributed by atoms with van der Waals surface area (Å²) in [6, 6.07) is 43.8. The summed E-state index contributed by atoms with van der Waals surface area (Å²) in [5, 5.41) is 13.4. The summed E-state index contributed by atoms with van der Waals surface area (Å²) in [6.07, 6.45) is 4.30. The lowest BCUT2D eigenvalue weighted by molar-refractivity contribution is 0.313. The molecule has 0 N–H and O–H groups in total. The van der Waals surface area contributed by atoms with Gasteiger partial charge in [-0.25, -0.2) is 10.1 Å². The number of nitriles is 1. The van der Waals surface area contributed by atoms with Gasteiger partial charge in [0.1, 0.15) is 17.2 Å². The van der Waals surface area contributed by atoms with Crippen LogP contribution in [0.5, 0.6) is 17.2 Å². The van der Waals surface area contributed by atoms with Crippen molar-refractivity contribution in [3.63, 3.8) is 0 Å². The Balaban J connectivity index is 1.55. The van der Waals surface area contributed by atoms with Gasteiger partial charge < -0.3 is 14.2 Å². The van der Waals surface area contributed by atoms with E-state index >= 15 is 0 Å². The van der Waals surface area contributed by atoms with E-state index in [1.807, 2.05) is 97.1 Å². The van der Waals surface area contributed by atoms with Gasteiger partial charge in [0.25, 0.3) is 5.70 Å². The largest absolute Gasteiger partial charge is 0.497 e. The van der Waals surface area contributed by atoms with Crippen molar-refractivity contribution in [2.45, 2.75) is 6.42 Å². The molecule has 0 aliphatic carbocycles. The van der Waals surface area contributed by atoms with Crippen molar-refractivity contribution in [1.29, 1.82) is 5.26 Å². The molecule has 0 radical (unpaired) electrons. The van der Waals surface area contributed by atoms with E-state index in [1.54, 1.807) is 20.3 Å². The van der Waals surface area contributed by atoms with E-state index in [-0.39, 0.29) is 5.70 Å². The van der Waals surface area contributed by atoms with E-state index in [0.29, 0.717) is 30.9 Å². The zero-order valence-electron chi connectivity index (χ0n) is 28.4. The molecule has 250 valence electrons. The van der Waals surface area contributed by atoms with Gasteiger partial charge in [0, 0.05) is 11.5 Å². The Morgan fingerprint density at radius 3 is 1.69 bits per heavy atom. The number of nitrogens with zero attached hydrogens (tertiary/aromatic N) is 5.